The molecule has 0 spiro atoms. The second-order valence-electron chi connectivity index (χ2n) is 6.30. The zero-order chi connectivity index (χ0) is 19.9. The fourth-order valence-electron chi connectivity index (χ4n) is 2.71. The lowest BCUT2D eigenvalue weighted by Crippen LogP contribution is -2.23. The van der Waals surface area contributed by atoms with Crippen LogP contribution in [0.2, 0.25) is 0 Å². The van der Waals surface area contributed by atoms with Crippen molar-refractivity contribution < 1.29 is 14.3 Å². The van der Waals surface area contributed by atoms with E-state index in [4.69, 9.17) is 4.74 Å². The van der Waals surface area contributed by atoms with E-state index in [0.29, 0.717) is 23.5 Å². The van der Waals surface area contributed by atoms with Crippen LogP contribution in [0.1, 0.15) is 32.0 Å². The highest BCUT2D eigenvalue weighted by Crippen LogP contribution is 2.18. The Labute approximate surface area is 163 Å². The molecule has 142 valence electrons. The lowest BCUT2D eigenvalue weighted by molar-refractivity contribution is 0.0600. The molecule has 0 aliphatic heterocycles. The Morgan fingerprint density at radius 1 is 1.00 bits per heavy atom. The zero-order valence-electron chi connectivity index (χ0n) is 15.7. The summed E-state index contributed by atoms with van der Waals surface area (Å²) >= 11 is 0. The van der Waals surface area contributed by atoms with Crippen molar-refractivity contribution in [3.63, 3.8) is 0 Å². The van der Waals surface area contributed by atoms with Gasteiger partial charge in [-0.3, -0.25) is 4.79 Å². The lowest BCUT2D eigenvalue weighted by Gasteiger charge is -2.09. The Hall–Kier alpha value is -3.67. The first-order valence-electron chi connectivity index (χ1n) is 8.80. The van der Waals surface area contributed by atoms with Crippen LogP contribution < -0.4 is 10.6 Å². The van der Waals surface area contributed by atoms with Gasteiger partial charge >= 0.3 is 5.97 Å². The van der Waals surface area contributed by atoms with E-state index < -0.39 is 5.97 Å². The van der Waals surface area contributed by atoms with Gasteiger partial charge in [-0.1, -0.05) is 35.9 Å². The van der Waals surface area contributed by atoms with Gasteiger partial charge in [-0.15, -0.1) is 0 Å². The predicted octanol–water partition coefficient (Wildman–Crippen LogP) is 3.85. The Morgan fingerprint density at radius 2 is 1.82 bits per heavy atom. The van der Waals surface area contributed by atoms with Crippen LogP contribution in [0.15, 0.2) is 66.9 Å². The van der Waals surface area contributed by atoms with E-state index in [-0.39, 0.29) is 5.91 Å². The third kappa shape index (κ3) is 4.94. The van der Waals surface area contributed by atoms with E-state index in [9.17, 15) is 9.59 Å². The maximum absolute atomic E-state index is 12.3. The van der Waals surface area contributed by atoms with Crippen molar-refractivity contribution in [2.75, 3.05) is 12.4 Å². The highest BCUT2D eigenvalue weighted by atomic mass is 16.5. The molecule has 0 saturated carbocycles. The third-order valence-electron chi connectivity index (χ3n) is 4.10. The zero-order valence-corrected chi connectivity index (χ0v) is 15.7. The summed E-state index contributed by atoms with van der Waals surface area (Å²) < 4.78 is 4.72. The molecule has 0 radical (unpaired) electrons. The smallest absolute Gasteiger partial charge is 0.337 e. The lowest BCUT2D eigenvalue weighted by atomic mass is 10.1. The minimum absolute atomic E-state index is 0.235. The SMILES string of the molecule is COC(=O)c1cccc(Nc2ccc(C(=O)NCc3cccc(C)c3)nc2)c1. The van der Waals surface area contributed by atoms with Crippen molar-refractivity contribution in [3.05, 3.63) is 89.2 Å². The summed E-state index contributed by atoms with van der Waals surface area (Å²) in [4.78, 5) is 28.1. The molecule has 0 atom stereocenters. The Morgan fingerprint density at radius 3 is 2.54 bits per heavy atom. The first kappa shape index (κ1) is 19.1. The van der Waals surface area contributed by atoms with Crippen molar-refractivity contribution in [1.82, 2.24) is 10.3 Å². The number of nitrogens with zero attached hydrogens (tertiary/aromatic N) is 1. The van der Waals surface area contributed by atoms with E-state index in [1.165, 1.54) is 7.11 Å². The molecule has 6 heteroatoms. The summed E-state index contributed by atoms with van der Waals surface area (Å²) in [5, 5.41) is 6.02. The number of amides is 1. The second kappa shape index (κ2) is 8.81. The van der Waals surface area contributed by atoms with E-state index in [1.807, 2.05) is 37.3 Å². The number of nitrogens with one attached hydrogen (secondary N) is 2. The number of esters is 1. The van der Waals surface area contributed by atoms with Gasteiger partial charge < -0.3 is 15.4 Å². The van der Waals surface area contributed by atoms with Crippen LogP contribution in [-0.2, 0) is 11.3 Å². The first-order valence-corrected chi connectivity index (χ1v) is 8.80. The van der Waals surface area contributed by atoms with Crippen LogP contribution in [-0.4, -0.2) is 24.0 Å². The number of ether oxygens (including phenoxy) is 1. The molecule has 2 N–H and O–H groups in total. The molecule has 0 aliphatic carbocycles. The Balaban J connectivity index is 1.61. The number of benzene rings is 2. The monoisotopic (exact) mass is 375 g/mol. The van der Waals surface area contributed by atoms with Crippen molar-refractivity contribution in [2.45, 2.75) is 13.5 Å². The number of anilines is 2. The quantitative estimate of drug-likeness (QED) is 0.640. The van der Waals surface area contributed by atoms with Crippen molar-refractivity contribution >= 4 is 23.3 Å². The van der Waals surface area contributed by atoms with E-state index >= 15 is 0 Å². The molecule has 1 amide bonds. The molecular weight excluding hydrogens is 354 g/mol. The molecular formula is C22H21N3O3. The Kier molecular flexibility index (Phi) is 6.01. The molecule has 1 heterocycles. The summed E-state index contributed by atoms with van der Waals surface area (Å²) in [6, 6.07) is 18.3. The van der Waals surface area contributed by atoms with Gasteiger partial charge in [0.2, 0.25) is 0 Å². The standard InChI is InChI=1S/C22H21N3O3/c1-15-5-3-6-16(11-15)13-24-21(26)20-10-9-19(14-23-20)25-18-8-4-7-17(12-18)22(27)28-2/h3-12,14,25H,13H2,1-2H3,(H,24,26). The van der Waals surface area contributed by atoms with E-state index in [2.05, 4.69) is 15.6 Å². The average Bonchev–Trinajstić information content (AvgIpc) is 2.72. The van der Waals surface area contributed by atoms with Crippen LogP contribution in [0.5, 0.6) is 0 Å². The van der Waals surface area contributed by atoms with Crippen LogP contribution >= 0.6 is 0 Å². The number of aryl methyl sites for hydroxylation is 1. The number of carbonyl (C=O) groups excluding carboxylic acids is 2. The molecule has 0 unspecified atom stereocenters. The topological polar surface area (TPSA) is 80.3 Å². The first-order chi connectivity index (χ1) is 13.5. The second-order valence-corrected chi connectivity index (χ2v) is 6.30. The molecule has 0 fully saturated rings. The minimum atomic E-state index is -0.401. The maximum atomic E-state index is 12.3. The van der Waals surface area contributed by atoms with Crippen LogP contribution in [0.4, 0.5) is 11.4 Å². The number of hydrogen-bond donors (Lipinski definition) is 2. The van der Waals surface area contributed by atoms with Crippen molar-refractivity contribution in [1.29, 1.82) is 0 Å². The van der Waals surface area contributed by atoms with Gasteiger partial charge in [-0.2, -0.15) is 0 Å². The predicted molar refractivity (Wildman–Crippen MR) is 108 cm³/mol. The number of carbonyl (C=O) groups is 2. The van der Waals surface area contributed by atoms with Gasteiger partial charge in [0, 0.05) is 12.2 Å². The summed E-state index contributed by atoms with van der Waals surface area (Å²) in [6.45, 7) is 2.46. The summed E-state index contributed by atoms with van der Waals surface area (Å²) in [5.74, 6) is -0.636. The van der Waals surface area contributed by atoms with Gasteiger partial charge in [0.15, 0.2) is 0 Å². The van der Waals surface area contributed by atoms with Crippen LogP contribution in [0.25, 0.3) is 0 Å². The summed E-state index contributed by atoms with van der Waals surface area (Å²) in [5.41, 5.74) is 4.40. The molecule has 1 aromatic heterocycles. The van der Waals surface area contributed by atoms with Gasteiger partial charge in [0.1, 0.15) is 5.69 Å². The van der Waals surface area contributed by atoms with E-state index in [1.54, 1.807) is 36.5 Å². The van der Waals surface area contributed by atoms with Gasteiger partial charge in [-0.05, 0) is 42.8 Å². The molecule has 3 rings (SSSR count). The number of hydrogen-bond acceptors (Lipinski definition) is 5. The molecule has 6 nitrogen and oxygen atoms in total. The minimum Gasteiger partial charge on any atom is -0.465 e. The van der Waals surface area contributed by atoms with Gasteiger partial charge in [0.25, 0.3) is 5.91 Å². The third-order valence-corrected chi connectivity index (χ3v) is 4.10. The number of rotatable bonds is 6. The highest BCUT2D eigenvalue weighted by molar-refractivity contribution is 5.92. The molecule has 28 heavy (non-hydrogen) atoms. The molecule has 0 saturated heterocycles. The van der Waals surface area contributed by atoms with Crippen LogP contribution in [0.3, 0.4) is 0 Å². The maximum Gasteiger partial charge on any atom is 0.337 e. The fourth-order valence-corrected chi connectivity index (χ4v) is 2.71. The van der Waals surface area contributed by atoms with Crippen molar-refractivity contribution in [3.8, 4) is 0 Å². The molecule has 0 aliphatic rings. The Bertz CT molecular complexity index is 984. The average molecular weight is 375 g/mol. The van der Waals surface area contributed by atoms with Gasteiger partial charge in [0.05, 0.1) is 24.6 Å². The van der Waals surface area contributed by atoms with Crippen LogP contribution in [0, 0.1) is 6.92 Å². The number of aromatic nitrogens is 1. The molecule has 3 aromatic rings. The highest BCUT2D eigenvalue weighted by Gasteiger charge is 2.08. The summed E-state index contributed by atoms with van der Waals surface area (Å²) in [7, 11) is 1.34. The number of pyridine rings is 1. The van der Waals surface area contributed by atoms with Crippen molar-refractivity contribution in [2.24, 2.45) is 0 Å². The molecule has 0 bridgehead atoms. The normalized spacial score (nSPS) is 10.2. The summed E-state index contributed by atoms with van der Waals surface area (Å²) in [6.07, 6.45) is 1.58. The fraction of sp³-hybridized carbons (Fsp3) is 0.136. The van der Waals surface area contributed by atoms with E-state index in [0.717, 1.165) is 16.8 Å². The van der Waals surface area contributed by atoms with Gasteiger partial charge in [-0.25, -0.2) is 9.78 Å². The molecule has 2 aromatic carbocycles. The largest absolute Gasteiger partial charge is 0.465 e. The number of methoxy groups -OCH3 is 1.